The van der Waals surface area contributed by atoms with E-state index in [0.29, 0.717) is 15.4 Å². The standard InChI is InChI=1S/C14H9Cl2F2NO3S/c15-9-1-4-11(5-2-9)23(21,22)19(8-14(16)20)13-6-3-10(17)7-12(13)18/h1-7H,8H2. The van der Waals surface area contributed by atoms with Crippen molar-refractivity contribution in [1.82, 2.24) is 0 Å². The van der Waals surface area contributed by atoms with E-state index in [1.54, 1.807) is 0 Å². The highest BCUT2D eigenvalue weighted by atomic mass is 35.5. The summed E-state index contributed by atoms with van der Waals surface area (Å²) in [5.74, 6) is -2.02. The van der Waals surface area contributed by atoms with Crippen LogP contribution in [0.3, 0.4) is 0 Å². The molecule has 0 aliphatic carbocycles. The molecule has 2 aromatic rings. The van der Waals surface area contributed by atoms with Crippen molar-refractivity contribution >= 4 is 44.2 Å². The number of hydrogen-bond acceptors (Lipinski definition) is 3. The molecule has 0 saturated heterocycles. The van der Waals surface area contributed by atoms with Crippen LogP contribution in [-0.4, -0.2) is 20.2 Å². The molecule has 0 aliphatic heterocycles. The summed E-state index contributed by atoms with van der Waals surface area (Å²) >= 11 is 11.0. The summed E-state index contributed by atoms with van der Waals surface area (Å²) in [7, 11) is -4.29. The number of rotatable bonds is 5. The fraction of sp³-hybridized carbons (Fsp3) is 0.0714. The van der Waals surface area contributed by atoms with E-state index < -0.39 is 39.1 Å². The highest BCUT2D eigenvalue weighted by Gasteiger charge is 2.28. The fourth-order valence-corrected chi connectivity index (χ4v) is 3.57. The summed E-state index contributed by atoms with van der Waals surface area (Å²) in [4.78, 5) is 11.0. The van der Waals surface area contributed by atoms with Gasteiger partial charge in [0.2, 0.25) is 5.24 Å². The molecule has 0 aromatic heterocycles. The van der Waals surface area contributed by atoms with Crippen LogP contribution in [0.25, 0.3) is 0 Å². The summed E-state index contributed by atoms with van der Waals surface area (Å²) < 4.78 is 52.7. The van der Waals surface area contributed by atoms with Gasteiger partial charge < -0.3 is 0 Å². The number of benzene rings is 2. The van der Waals surface area contributed by atoms with E-state index in [2.05, 4.69) is 0 Å². The molecule has 2 aromatic carbocycles. The van der Waals surface area contributed by atoms with Crippen molar-refractivity contribution in [2.75, 3.05) is 10.8 Å². The van der Waals surface area contributed by atoms with Crippen LogP contribution >= 0.6 is 23.2 Å². The molecular formula is C14H9Cl2F2NO3S. The Morgan fingerprint density at radius 1 is 1.09 bits per heavy atom. The van der Waals surface area contributed by atoms with Crippen LogP contribution in [0.4, 0.5) is 14.5 Å². The first-order valence-electron chi connectivity index (χ1n) is 6.13. The van der Waals surface area contributed by atoms with Gasteiger partial charge in [-0.3, -0.25) is 9.10 Å². The Balaban J connectivity index is 2.57. The predicted octanol–water partition coefficient (Wildman–Crippen LogP) is 3.58. The van der Waals surface area contributed by atoms with Crippen LogP contribution in [0.15, 0.2) is 47.4 Å². The van der Waals surface area contributed by atoms with Gasteiger partial charge in [-0.1, -0.05) is 11.6 Å². The Labute approximate surface area is 141 Å². The molecule has 4 nitrogen and oxygen atoms in total. The average molecular weight is 380 g/mol. The maximum Gasteiger partial charge on any atom is 0.264 e. The van der Waals surface area contributed by atoms with Crippen LogP contribution < -0.4 is 4.31 Å². The Hall–Kier alpha value is -1.70. The van der Waals surface area contributed by atoms with Crippen molar-refractivity contribution in [1.29, 1.82) is 0 Å². The third kappa shape index (κ3) is 3.99. The quantitative estimate of drug-likeness (QED) is 0.746. The van der Waals surface area contributed by atoms with E-state index in [9.17, 15) is 22.0 Å². The topological polar surface area (TPSA) is 54.5 Å². The zero-order chi connectivity index (χ0) is 17.2. The third-order valence-electron chi connectivity index (χ3n) is 2.85. The van der Waals surface area contributed by atoms with E-state index in [-0.39, 0.29) is 4.90 Å². The Morgan fingerprint density at radius 2 is 1.70 bits per heavy atom. The zero-order valence-corrected chi connectivity index (χ0v) is 13.7. The number of halogens is 4. The first-order chi connectivity index (χ1) is 10.7. The molecule has 0 radical (unpaired) electrons. The lowest BCUT2D eigenvalue weighted by atomic mass is 10.3. The Kier molecular flexibility index (Phi) is 5.23. The molecule has 23 heavy (non-hydrogen) atoms. The number of carbonyl (C=O) groups is 1. The number of anilines is 1. The van der Waals surface area contributed by atoms with Crippen molar-refractivity contribution in [2.24, 2.45) is 0 Å². The molecule has 0 N–H and O–H groups in total. The molecule has 0 heterocycles. The lowest BCUT2D eigenvalue weighted by Crippen LogP contribution is -2.35. The normalized spacial score (nSPS) is 11.3. The lowest BCUT2D eigenvalue weighted by molar-refractivity contribution is -0.110. The van der Waals surface area contributed by atoms with Crippen LogP contribution in [0, 0.1) is 11.6 Å². The molecule has 0 fully saturated rings. The summed E-state index contributed by atoms with van der Waals surface area (Å²) in [6, 6.07) is 7.36. The van der Waals surface area contributed by atoms with E-state index in [0.717, 1.165) is 12.1 Å². The van der Waals surface area contributed by atoms with Gasteiger partial charge in [0.25, 0.3) is 10.0 Å². The number of carbonyl (C=O) groups excluding carboxylic acids is 1. The van der Waals surface area contributed by atoms with Gasteiger partial charge in [-0.15, -0.1) is 0 Å². The van der Waals surface area contributed by atoms with Crippen LogP contribution in [0.5, 0.6) is 0 Å². The van der Waals surface area contributed by atoms with E-state index in [4.69, 9.17) is 23.2 Å². The molecule has 122 valence electrons. The second-order valence-corrected chi connectivity index (χ2v) is 7.14. The number of hydrogen-bond donors (Lipinski definition) is 0. The minimum absolute atomic E-state index is 0.219. The van der Waals surface area contributed by atoms with Gasteiger partial charge in [0.15, 0.2) is 0 Å². The third-order valence-corrected chi connectivity index (χ3v) is 4.99. The number of nitrogens with zero attached hydrogens (tertiary/aromatic N) is 1. The maximum atomic E-state index is 13.9. The largest absolute Gasteiger partial charge is 0.279 e. The smallest absolute Gasteiger partial charge is 0.264 e. The first-order valence-corrected chi connectivity index (χ1v) is 8.33. The highest BCUT2D eigenvalue weighted by Crippen LogP contribution is 2.27. The minimum atomic E-state index is -4.29. The van der Waals surface area contributed by atoms with Gasteiger partial charge >= 0.3 is 0 Å². The molecule has 0 unspecified atom stereocenters. The molecule has 0 amide bonds. The molecular weight excluding hydrogens is 371 g/mol. The summed E-state index contributed by atoms with van der Waals surface area (Å²) in [5.41, 5.74) is -0.490. The second-order valence-electron chi connectivity index (χ2n) is 4.42. The van der Waals surface area contributed by atoms with Crippen LogP contribution in [-0.2, 0) is 14.8 Å². The summed E-state index contributed by atoms with van der Waals surface area (Å²) in [6.07, 6.45) is 0. The van der Waals surface area contributed by atoms with Crippen LogP contribution in [0.2, 0.25) is 5.02 Å². The zero-order valence-electron chi connectivity index (χ0n) is 11.3. The molecule has 2 rings (SSSR count). The van der Waals surface area contributed by atoms with Crippen molar-refractivity contribution in [3.05, 3.63) is 59.1 Å². The Morgan fingerprint density at radius 3 is 2.22 bits per heavy atom. The summed E-state index contributed by atoms with van der Waals surface area (Å²) in [5, 5.41) is -0.719. The van der Waals surface area contributed by atoms with Gasteiger partial charge in [-0.05, 0) is 48.0 Å². The molecule has 0 bridgehead atoms. The van der Waals surface area contributed by atoms with E-state index in [1.807, 2.05) is 0 Å². The second kappa shape index (κ2) is 6.82. The molecule has 0 aliphatic rings. The molecule has 9 heteroatoms. The summed E-state index contributed by atoms with van der Waals surface area (Å²) in [6.45, 7) is -0.810. The average Bonchev–Trinajstić information content (AvgIpc) is 2.45. The van der Waals surface area contributed by atoms with E-state index in [1.165, 1.54) is 24.3 Å². The van der Waals surface area contributed by atoms with Gasteiger partial charge in [0.05, 0.1) is 10.6 Å². The van der Waals surface area contributed by atoms with Gasteiger partial charge in [0, 0.05) is 11.1 Å². The lowest BCUT2D eigenvalue weighted by Gasteiger charge is -2.23. The predicted molar refractivity (Wildman–Crippen MR) is 83.2 cm³/mol. The first kappa shape index (κ1) is 17.7. The van der Waals surface area contributed by atoms with Gasteiger partial charge in [-0.25, -0.2) is 17.2 Å². The maximum absolute atomic E-state index is 13.9. The fourth-order valence-electron chi connectivity index (χ4n) is 1.83. The van der Waals surface area contributed by atoms with Gasteiger partial charge in [0.1, 0.15) is 18.2 Å². The van der Waals surface area contributed by atoms with E-state index >= 15 is 0 Å². The van der Waals surface area contributed by atoms with Crippen molar-refractivity contribution < 1.29 is 22.0 Å². The van der Waals surface area contributed by atoms with Crippen LogP contribution in [0.1, 0.15) is 0 Å². The number of sulfonamides is 1. The van der Waals surface area contributed by atoms with Gasteiger partial charge in [-0.2, -0.15) is 0 Å². The van der Waals surface area contributed by atoms with Crippen molar-refractivity contribution in [3.8, 4) is 0 Å². The van der Waals surface area contributed by atoms with Crippen molar-refractivity contribution in [3.63, 3.8) is 0 Å². The molecule has 0 saturated carbocycles. The molecule has 0 atom stereocenters. The monoisotopic (exact) mass is 379 g/mol. The Bertz CT molecular complexity index is 842. The van der Waals surface area contributed by atoms with Crippen molar-refractivity contribution in [2.45, 2.75) is 4.90 Å². The highest BCUT2D eigenvalue weighted by molar-refractivity contribution is 7.92. The minimum Gasteiger partial charge on any atom is -0.279 e. The molecule has 0 spiro atoms. The SMILES string of the molecule is O=C(Cl)CN(c1ccc(F)cc1F)S(=O)(=O)c1ccc(Cl)cc1.